The summed E-state index contributed by atoms with van der Waals surface area (Å²) in [4.78, 5) is 0. The van der Waals surface area contributed by atoms with Crippen molar-refractivity contribution in [2.45, 2.75) is 33.1 Å². The predicted molar refractivity (Wildman–Crippen MR) is 47.0 cm³/mol. The first kappa shape index (κ1) is 9.26. The third-order valence-corrected chi connectivity index (χ3v) is 1.25. The number of allylic oxidation sites excluding steroid dienone is 3. The van der Waals surface area contributed by atoms with E-state index in [0.717, 1.165) is 6.42 Å². The van der Waals surface area contributed by atoms with Gasteiger partial charge < -0.3 is 0 Å². The Morgan fingerprint density at radius 3 is 2.60 bits per heavy atom. The van der Waals surface area contributed by atoms with Crippen LogP contribution in [0.1, 0.15) is 33.1 Å². The summed E-state index contributed by atoms with van der Waals surface area (Å²) in [7, 11) is 0. The summed E-state index contributed by atoms with van der Waals surface area (Å²) in [6.07, 6.45) is 7.75. The van der Waals surface area contributed by atoms with Crippen LogP contribution < -0.4 is 0 Å². The van der Waals surface area contributed by atoms with Crippen LogP contribution in [0, 0.1) is 0 Å². The van der Waals surface area contributed by atoms with Gasteiger partial charge in [-0.1, -0.05) is 18.2 Å². The standard InChI is InChI=1S/C10H16/c1-4-5-6-7-8-9-10(2)3/h5,9H,1,6-8H2,2-3H3. The Hall–Kier alpha value is -0.740. The van der Waals surface area contributed by atoms with E-state index in [-0.39, 0.29) is 0 Å². The van der Waals surface area contributed by atoms with E-state index in [1.54, 1.807) is 0 Å². The minimum absolute atomic E-state index is 1.10. The van der Waals surface area contributed by atoms with Crippen LogP contribution in [0.15, 0.2) is 30.0 Å². The van der Waals surface area contributed by atoms with E-state index < -0.39 is 0 Å². The minimum Gasteiger partial charge on any atom is -0.133 e. The Morgan fingerprint density at radius 2 is 2.10 bits per heavy atom. The Labute approximate surface area is 64.0 Å². The molecular formula is C10H16. The molecule has 0 radical (unpaired) electrons. The molecule has 0 atom stereocenters. The third kappa shape index (κ3) is 7.26. The van der Waals surface area contributed by atoms with E-state index in [1.165, 1.54) is 18.4 Å². The average Bonchev–Trinajstić information content (AvgIpc) is 1.87. The maximum absolute atomic E-state index is 3.50. The van der Waals surface area contributed by atoms with Gasteiger partial charge in [0.25, 0.3) is 0 Å². The topological polar surface area (TPSA) is 0 Å². The first-order chi connectivity index (χ1) is 4.77. The van der Waals surface area contributed by atoms with Crippen LogP contribution in [0.2, 0.25) is 0 Å². The van der Waals surface area contributed by atoms with Gasteiger partial charge in [0.15, 0.2) is 0 Å². The summed E-state index contributed by atoms with van der Waals surface area (Å²) in [5.74, 6) is 0. The van der Waals surface area contributed by atoms with Crippen LogP contribution in [-0.2, 0) is 0 Å². The van der Waals surface area contributed by atoms with E-state index in [2.05, 4.69) is 32.2 Å². The number of hydrogen-bond donors (Lipinski definition) is 0. The maximum atomic E-state index is 3.50. The van der Waals surface area contributed by atoms with Crippen molar-refractivity contribution >= 4 is 0 Å². The lowest BCUT2D eigenvalue weighted by molar-refractivity contribution is 0.863. The summed E-state index contributed by atoms with van der Waals surface area (Å²) < 4.78 is 0. The number of unbranched alkanes of at least 4 members (excludes halogenated alkanes) is 2. The van der Waals surface area contributed by atoms with Crippen LogP contribution in [0.3, 0.4) is 0 Å². The van der Waals surface area contributed by atoms with Crippen LogP contribution in [-0.4, -0.2) is 0 Å². The quantitative estimate of drug-likeness (QED) is 0.315. The summed E-state index contributed by atoms with van der Waals surface area (Å²) in [6, 6.07) is 0. The molecule has 0 spiro atoms. The van der Waals surface area contributed by atoms with Crippen molar-refractivity contribution in [1.29, 1.82) is 0 Å². The highest BCUT2D eigenvalue weighted by Crippen LogP contribution is 2.00. The molecule has 0 aromatic rings. The number of hydrogen-bond acceptors (Lipinski definition) is 0. The SMILES string of the molecule is C=C=CCCCC=C(C)C. The summed E-state index contributed by atoms with van der Waals surface area (Å²) >= 11 is 0. The van der Waals surface area contributed by atoms with Gasteiger partial charge in [0.2, 0.25) is 0 Å². The molecule has 0 aliphatic heterocycles. The van der Waals surface area contributed by atoms with E-state index in [4.69, 9.17) is 0 Å². The molecule has 0 unspecified atom stereocenters. The van der Waals surface area contributed by atoms with E-state index in [9.17, 15) is 0 Å². The molecule has 0 N–H and O–H groups in total. The molecule has 0 amide bonds. The molecule has 0 saturated carbocycles. The molecule has 0 heteroatoms. The van der Waals surface area contributed by atoms with E-state index >= 15 is 0 Å². The minimum atomic E-state index is 1.10. The van der Waals surface area contributed by atoms with Gasteiger partial charge in [0, 0.05) is 0 Å². The lowest BCUT2D eigenvalue weighted by Crippen LogP contribution is -1.69. The second-order valence-corrected chi connectivity index (χ2v) is 2.62. The van der Waals surface area contributed by atoms with Crippen molar-refractivity contribution in [1.82, 2.24) is 0 Å². The molecule has 0 rings (SSSR count). The van der Waals surface area contributed by atoms with Gasteiger partial charge in [-0.25, -0.2) is 0 Å². The largest absolute Gasteiger partial charge is 0.133 e. The molecule has 0 aliphatic rings. The highest BCUT2D eigenvalue weighted by atomic mass is 13.9. The molecule has 0 aromatic heterocycles. The predicted octanol–water partition coefficient (Wildman–Crippen LogP) is 3.46. The summed E-state index contributed by atoms with van der Waals surface area (Å²) in [6.45, 7) is 7.75. The zero-order chi connectivity index (χ0) is 7.82. The first-order valence-electron chi connectivity index (χ1n) is 3.75. The van der Waals surface area contributed by atoms with Crippen molar-refractivity contribution in [3.05, 3.63) is 30.0 Å². The molecule has 0 heterocycles. The Kier molecular flexibility index (Phi) is 5.91. The molecular weight excluding hydrogens is 120 g/mol. The second kappa shape index (κ2) is 6.38. The van der Waals surface area contributed by atoms with Gasteiger partial charge in [0.05, 0.1) is 0 Å². The zero-order valence-corrected chi connectivity index (χ0v) is 6.98. The maximum Gasteiger partial charge on any atom is -0.0272 e. The highest BCUT2D eigenvalue weighted by Gasteiger charge is 1.80. The Morgan fingerprint density at radius 1 is 1.40 bits per heavy atom. The molecule has 0 bridgehead atoms. The lowest BCUT2D eigenvalue weighted by atomic mass is 10.2. The van der Waals surface area contributed by atoms with E-state index in [0.29, 0.717) is 0 Å². The summed E-state index contributed by atoms with van der Waals surface area (Å²) in [5, 5.41) is 0. The molecule has 0 nitrogen and oxygen atoms in total. The zero-order valence-electron chi connectivity index (χ0n) is 6.98. The van der Waals surface area contributed by atoms with Gasteiger partial charge in [-0.15, -0.1) is 5.73 Å². The smallest absolute Gasteiger partial charge is 0.0272 e. The Bertz CT molecular complexity index is 141. The molecule has 56 valence electrons. The van der Waals surface area contributed by atoms with Gasteiger partial charge in [-0.2, -0.15) is 0 Å². The Balaban J connectivity index is 3.21. The molecule has 0 aromatic carbocycles. The second-order valence-electron chi connectivity index (χ2n) is 2.62. The van der Waals surface area contributed by atoms with Crippen LogP contribution in [0.25, 0.3) is 0 Å². The van der Waals surface area contributed by atoms with Crippen LogP contribution in [0.5, 0.6) is 0 Å². The normalized spacial score (nSPS) is 8.20. The average molecular weight is 136 g/mol. The fourth-order valence-corrected chi connectivity index (χ4v) is 0.713. The first-order valence-corrected chi connectivity index (χ1v) is 3.75. The van der Waals surface area contributed by atoms with Gasteiger partial charge in [-0.3, -0.25) is 0 Å². The molecule has 0 saturated heterocycles. The van der Waals surface area contributed by atoms with Crippen molar-refractivity contribution in [2.75, 3.05) is 0 Å². The van der Waals surface area contributed by atoms with E-state index in [1.807, 2.05) is 6.08 Å². The number of rotatable bonds is 4. The van der Waals surface area contributed by atoms with Gasteiger partial charge >= 0.3 is 0 Å². The molecule has 0 fully saturated rings. The molecule has 10 heavy (non-hydrogen) atoms. The van der Waals surface area contributed by atoms with Gasteiger partial charge in [0.1, 0.15) is 0 Å². The van der Waals surface area contributed by atoms with Crippen molar-refractivity contribution in [2.24, 2.45) is 0 Å². The van der Waals surface area contributed by atoms with Crippen molar-refractivity contribution in [3.8, 4) is 0 Å². The highest BCUT2D eigenvalue weighted by molar-refractivity contribution is 4.93. The monoisotopic (exact) mass is 136 g/mol. The van der Waals surface area contributed by atoms with Crippen molar-refractivity contribution in [3.63, 3.8) is 0 Å². The molecule has 0 aliphatic carbocycles. The fraction of sp³-hybridized carbons (Fsp3) is 0.500. The third-order valence-electron chi connectivity index (χ3n) is 1.25. The summed E-state index contributed by atoms with van der Waals surface area (Å²) in [5.41, 5.74) is 4.17. The van der Waals surface area contributed by atoms with Crippen molar-refractivity contribution < 1.29 is 0 Å². The van der Waals surface area contributed by atoms with Crippen LogP contribution in [0.4, 0.5) is 0 Å². The lowest BCUT2D eigenvalue weighted by Gasteiger charge is -1.89. The van der Waals surface area contributed by atoms with Crippen LogP contribution >= 0.6 is 0 Å². The fourth-order valence-electron chi connectivity index (χ4n) is 0.713. The van der Waals surface area contributed by atoms with Gasteiger partial charge in [-0.05, 0) is 39.2 Å².